The van der Waals surface area contributed by atoms with Crippen LogP contribution in [0, 0.1) is 0 Å². The Labute approximate surface area is 260 Å². The Morgan fingerprint density at radius 2 is 1.70 bits per heavy atom. The molecule has 0 saturated carbocycles. The number of aliphatic hydroxyl groups is 1. The molecule has 0 aliphatic rings. The molecule has 14 heteroatoms. The molecule has 0 spiro atoms. The number of nitrogens with one attached hydrogen (secondary N) is 3. The van der Waals surface area contributed by atoms with Crippen molar-refractivity contribution in [3.05, 3.63) is 34.3 Å². The maximum absolute atomic E-state index is 12.3. The second-order valence-electron chi connectivity index (χ2n) is 9.44. The van der Waals surface area contributed by atoms with Crippen LogP contribution in [0.15, 0.2) is 28.8 Å². The van der Waals surface area contributed by atoms with E-state index in [4.69, 9.17) is 25.2 Å². The first-order valence-electron chi connectivity index (χ1n) is 14.1. The third-order valence-corrected chi connectivity index (χ3v) is 6.43. The van der Waals surface area contributed by atoms with Gasteiger partial charge in [-0.05, 0) is 65.7 Å². The Morgan fingerprint density at radius 3 is 2.37 bits per heavy atom. The summed E-state index contributed by atoms with van der Waals surface area (Å²) in [4.78, 5) is 64.6. The summed E-state index contributed by atoms with van der Waals surface area (Å²) in [7, 11) is 0. The number of carbonyl (C=O) groups excluding carboxylic acids is 6. The van der Waals surface area contributed by atoms with Crippen LogP contribution in [0.3, 0.4) is 0 Å². The van der Waals surface area contributed by atoms with Gasteiger partial charge < -0.3 is 36.6 Å². The predicted octanol–water partition coefficient (Wildman–Crippen LogP) is 1.85. The second kappa shape index (κ2) is 25.1. The Hall–Kier alpha value is -3.42. The number of halogens is 1. The molecule has 0 saturated heterocycles. The first kappa shape index (κ1) is 39.6. The third-order valence-electron chi connectivity index (χ3n) is 5.76. The average molecular weight is 672 g/mol. The lowest BCUT2D eigenvalue weighted by molar-refractivity contribution is -0.191. The maximum Gasteiger partial charge on any atom is 0.373 e. The van der Waals surface area contributed by atoms with Gasteiger partial charge in [0.1, 0.15) is 5.75 Å². The lowest BCUT2D eigenvalue weighted by Gasteiger charge is -2.13. The number of amides is 3. The molecule has 240 valence electrons. The number of unbranched alkanes of at least 4 members (excludes halogenated alkanes) is 1. The van der Waals surface area contributed by atoms with Gasteiger partial charge in [-0.15, -0.1) is 0 Å². The standard InChI is InChI=1S/C28H43BrN4O7.CO2/c1-2-6-21(30)17-20-10-11-25(36)23(18-20)33-27(38)9-5-12-31-28(39)19-22(29)24(35)7-3-4-8-26(37)32-13-15-40-16-14-34;2-1-3/h10-11,18-19,21,34,36H,2-9,12-17,30H2,1H3,(H,31,39)(H,32,37)(H,33,38);/b22-19-;/t21-;/m1./s1. The molecule has 0 radical (unpaired) electrons. The summed E-state index contributed by atoms with van der Waals surface area (Å²) in [5, 5.41) is 26.7. The van der Waals surface area contributed by atoms with Gasteiger partial charge in [-0.1, -0.05) is 19.4 Å². The van der Waals surface area contributed by atoms with Crippen molar-refractivity contribution in [3.8, 4) is 5.75 Å². The SMILES string of the molecule is CCC[C@@H](N)Cc1ccc(O)c(NC(=O)CCCNC(=O)/C=C(\Br)C(=O)CCCCC(=O)NCCOCCO)c1.O=C=O. The van der Waals surface area contributed by atoms with Gasteiger partial charge in [-0.25, -0.2) is 0 Å². The normalized spacial score (nSPS) is 11.4. The van der Waals surface area contributed by atoms with E-state index in [0.717, 1.165) is 24.5 Å². The number of benzene rings is 1. The van der Waals surface area contributed by atoms with Crippen molar-refractivity contribution in [1.29, 1.82) is 0 Å². The molecule has 13 nitrogen and oxygen atoms in total. The highest BCUT2D eigenvalue weighted by Gasteiger charge is 2.12. The smallest absolute Gasteiger partial charge is 0.373 e. The van der Waals surface area contributed by atoms with E-state index in [1.54, 1.807) is 12.1 Å². The van der Waals surface area contributed by atoms with E-state index in [0.29, 0.717) is 44.5 Å². The molecular formula is C29H43BrN4O9. The summed E-state index contributed by atoms with van der Waals surface area (Å²) in [6.07, 6.45) is 5.92. The number of ketones is 1. The van der Waals surface area contributed by atoms with Crippen molar-refractivity contribution in [3.63, 3.8) is 0 Å². The van der Waals surface area contributed by atoms with Crippen molar-refractivity contribution in [1.82, 2.24) is 10.6 Å². The van der Waals surface area contributed by atoms with E-state index in [1.807, 2.05) is 0 Å². The van der Waals surface area contributed by atoms with E-state index in [1.165, 1.54) is 6.07 Å². The van der Waals surface area contributed by atoms with Crippen LogP contribution in [-0.4, -0.2) is 78.8 Å². The van der Waals surface area contributed by atoms with Crippen LogP contribution in [0.25, 0.3) is 0 Å². The fraction of sp³-hybridized carbons (Fsp3) is 0.552. The summed E-state index contributed by atoms with van der Waals surface area (Å²) in [5.41, 5.74) is 7.34. The first-order chi connectivity index (χ1) is 20.6. The van der Waals surface area contributed by atoms with Gasteiger partial charge in [0, 0.05) is 44.5 Å². The van der Waals surface area contributed by atoms with Gasteiger partial charge in [0.2, 0.25) is 17.7 Å². The summed E-state index contributed by atoms with van der Waals surface area (Å²) >= 11 is 3.13. The minimum atomic E-state index is -0.461. The molecule has 43 heavy (non-hydrogen) atoms. The number of ether oxygens (including phenoxy) is 1. The van der Waals surface area contributed by atoms with Crippen molar-refractivity contribution in [2.45, 2.75) is 70.8 Å². The summed E-state index contributed by atoms with van der Waals surface area (Å²) < 4.78 is 5.19. The lowest BCUT2D eigenvalue weighted by atomic mass is 10.0. The molecular weight excluding hydrogens is 628 g/mol. The zero-order valence-electron chi connectivity index (χ0n) is 24.5. The number of anilines is 1. The van der Waals surface area contributed by atoms with Crippen LogP contribution in [0.5, 0.6) is 5.75 Å². The number of Topliss-reactive ketones (excluding diaryl/α,β-unsaturated/α-hetero) is 1. The van der Waals surface area contributed by atoms with Crippen molar-refractivity contribution in [2.24, 2.45) is 5.73 Å². The van der Waals surface area contributed by atoms with Crippen LogP contribution in [0.2, 0.25) is 0 Å². The average Bonchev–Trinajstić information content (AvgIpc) is 2.95. The number of nitrogens with two attached hydrogens (primary N) is 1. The molecule has 0 fully saturated rings. The first-order valence-corrected chi connectivity index (χ1v) is 14.9. The number of rotatable bonds is 21. The van der Waals surface area contributed by atoms with Gasteiger partial charge >= 0.3 is 6.15 Å². The van der Waals surface area contributed by atoms with Gasteiger partial charge in [-0.3, -0.25) is 19.2 Å². The Morgan fingerprint density at radius 1 is 1.02 bits per heavy atom. The molecule has 0 heterocycles. The molecule has 1 rings (SSSR count). The monoisotopic (exact) mass is 670 g/mol. The van der Waals surface area contributed by atoms with E-state index < -0.39 is 5.91 Å². The minimum Gasteiger partial charge on any atom is -0.506 e. The zero-order valence-corrected chi connectivity index (χ0v) is 26.1. The number of allylic oxidation sites excluding steroid dienone is 1. The van der Waals surface area contributed by atoms with Crippen molar-refractivity contribution in [2.75, 3.05) is 38.2 Å². The quantitative estimate of drug-likeness (QED) is 0.0634. The Balaban J connectivity index is 0.00000562. The molecule has 1 atom stereocenters. The number of phenolic OH excluding ortho intramolecular Hbond substituents is 1. The summed E-state index contributed by atoms with van der Waals surface area (Å²) in [6, 6.07) is 5.05. The number of aromatic hydroxyl groups is 1. The molecule has 7 N–H and O–H groups in total. The van der Waals surface area contributed by atoms with Crippen LogP contribution < -0.4 is 21.7 Å². The van der Waals surface area contributed by atoms with Gasteiger partial charge in [0.15, 0.2) is 5.78 Å². The Kier molecular flexibility index (Phi) is 23.1. The maximum atomic E-state index is 12.3. The van der Waals surface area contributed by atoms with Gasteiger partial charge in [-0.2, -0.15) is 9.59 Å². The highest BCUT2D eigenvalue weighted by atomic mass is 79.9. The highest BCUT2D eigenvalue weighted by molar-refractivity contribution is 9.12. The highest BCUT2D eigenvalue weighted by Crippen LogP contribution is 2.25. The molecule has 0 aromatic heterocycles. The summed E-state index contributed by atoms with van der Waals surface area (Å²) in [6.45, 7) is 3.15. The lowest BCUT2D eigenvalue weighted by Crippen LogP contribution is -2.27. The van der Waals surface area contributed by atoms with E-state index in [-0.39, 0.29) is 79.0 Å². The largest absolute Gasteiger partial charge is 0.506 e. The zero-order chi connectivity index (χ0) is 32.5. The number of aliphatic hydroxyl groups excluding tert-OH is 1. The van der Waals surface area contributed by atoms with Crippen molar-refractivity contribution < 1.29 is 43.7 Å². The van der Waals surface area contributed by atoms with E-state index in [2.05, 4.69) is 38.8 Å². The van der Waals surface area contributed by atoms with Gasteiger partial charge in [0.25, 0.3) is 0 Å². The molecule has 1 aromatic carbocycles. The van der Waals surface area contributed by atoms with E-state index >= 15 is 0 Å². The summed E-state index contributed by atoms with van der Waals surface area (Å²) in [5.74, 6) is -1.17. The van der Waals surface area contributed by atoms with Gasteiger partial charge in [0.05, 0.1) is 30.0 Å². The van der Waals surface area contributed by atoms with Crippen LogP contribution in [-0.2, 0) is 39.9 Å². The van der Waals surface area contributed by atoms with Crippen molar-refractivity contribution >= 4 is 51.3 Å². The molecule has 0 unspecified atom stereocenters. The fourth-order valence-corrected chi connectivity index (χ4v) is 4.12. The third kappa shape index (κ3) is 21.0. The topological polar surface area (TPSA) is 214 Å². The van der Waals surface area contributed by atoms with E-state index in [9.17, 15) is 24.3 Å². The van der Waals surface area contributed by atoms with Crippen LogP contribution in [0.1, 0.15) is 63.9 Å². The molecule has 3 amide bonds. The molecule has 0 aliphatic heterocycles. The number of hydrogen-bond donors (Lipinski definition) is 6. The predicted molar refractivity (Wildman–Crippen MR) is 162 cm³/mol. The molecule has 0 bridgehead atoms. The minimum absolute atomic E-state index is 0.0133. The number of hydrogen-bond acceptors (Lipinski definition) is 10. The van der Waals surface area contributed by atoms with Crippen LogP contribution >= 0.6 is 15.9 Å². The molecule has 1 aromatic rings. The fourth-order valence-electron chi connectivity index (χ4n) is 3.71. The Bertz CT molecular complexity index is 1080. The van der Waals surface area contributed by atoms with Crippen LogP contribution in [0.4, 0.5) is 5.69 Å². The number of carbonyl (C=O) groups is 4. The number of phenols is 1. The second-order valence-corrected chi connectivity index (χ2v) is 10.3. The molecule has 0 aliphatic carbocycles.